The highest BCUT2D eigenvalue weighted by atomic mass is 32.2. The van der Waals surface area contributed by atoms with E-state index in [9.17, 15) is 13.5 Å². The first-order chi connectivity index (χ1) is 8.12. The van der Waals surface area contributed by atoms with Gasteiger partial charge in [0.1, 0.15) is 9.84 Å². The number of sulfone groups is 1. The van der Waals surface area contributed by atoms with Crippen LogP contribution in [0.1, 0.15) is 37.8 Å². The van der Waals surface area contributed by atoms with Crippen LogP contribution >= 0.6 is 0 Å². The Hall–Kier alpha value is -0.870. The molecule has 0 amide bonds. The maximum Gasteiger partial charge on any atom is 0.148 e. The molecule has 0 aliphatic heterocycles. The molecule has 0 saturated heterocycles. The van der Waals surface area contributed by atoms with Crippen molar-refractivity contribution in [1.82, 2.24) is 0 Å². The maximum atomic E-state index is 11.4. The Balaban J connectivity index is 2.26. The van der Waals surface area contributed by atoms with Gasteiger partial charge >= 0.3 is 0 Å². The van der Waals surface area contributed by atoms with E-state index >= 15 is 0 Å². The Morgan fingerprint density at radius 3 is 2.06 bits per heavy atom. The van der Waals surface area contributed by atoms with Crippen molar-refractivity contribution >= 4 is 9.84 Å². The first-order valence-corrected chi connectivity index (χ1v) is 8.20. The van der Waals surface area contributed by atoms with Gasteiger partial charge in [-0.2, -0.15) is 0 Å². The lowest BCUT2D eigenvalue weighted by molar-refractivity contribution is 0.0786. The highest BCUT2D eigenvalue weighted by Gasteiger charge is 2.46. The van der Waals surface area contributed by atoms with Crippen molar-refractivity contribution in [2.24, 2.45) is 0 Å². The van der Waals surface area contributed by atoms with Crippen LogP contribution in [0.3, 0.4) is 0 Å². The summed E-state index contributed by atoms with van der Waals surface area (Å²) in [5.41, 5.74) is 0.889. The molecule has 18 heavy (non-hydrogen) atoms. The van der Waals surface area contributed by atoms with E-state index in [-0.39, 0.29) is 11.2 Å². The van der Waals surface area contributed by atoms with E-state index in [1.807, 2.05) is 24.3 Å². The molecular weight excluding hydrogens is 248 g/mol. The molecule has 1 aliphatic carbocycles. The molecule has 1 aromatic carbocycles. The van der Waals surface area contributed by atoms with E-state index in [0.717, 1.165) is 24.0 Å². The van der Waals surface area contributed by atoms with Crippen LogP contribution in [0.25, 0.3) is 0 Å². The van der Waals surface area contributed by atoms with E-state index < -0.39 is 15.4 Å². The van der Waals surface area contributed by atoms with Crippen LogP contribution in [0.4, 0.5) is 0 Å². The van der Waals surface area contributed by atoms with E-state index in [0.29, 0.717) is 0 Å². The topological polar surface area (TPSA) is 54.4 Å². The van der Waals surface area contributed by atoms with Crippen molar-refractivity contribution in [3.63, 3.8) is 0 Å². The van der Waals surface area contributed by atoms with E-state index in [1.165, 1.54) is 6.26 Å². The lowest BCUT2D eigenvalue weighted by Crippen LogP contribution is -2.20. The van der Waals surface area contributed by atoms with Gasteiger partial charge in [0.15, 0.2) is 0 Å². The van der Waals surface area contributed by atoms with Crippen LogP contribution in [-0.2, 0) is 20.9 Å². The van der Waals surface area contributed by atoms with Gasteiger partial charge in [-0.05, 0) is 37.8 Å². The van der Waals surface area contributed by atoms with Gasteiger partial charge in [0.05, 0.1) is 11.4 Å². The smallest absolute Gasteiger partial charge is 0.148 e. The quantitative estimate of drug-likeness (QED) is 0.908. The van der Waals surface area contributed by atoms with Crippen molar-refractivity contribution < 1.29 is 13.5 Å². The number of hydrogen-bond acceptors (Lipinski definition) is 3. The highest BCUT2D eigenvalue weighted by molar-refractivity contribution is 7.90. The number of hydrogen-bond donors (Lipinski definition) is 1. The monoisotopic (exact) mass is 268 g/mol. The molecule has 100 valence electrons. The predicted octanol–water partition coefficient (Wildman–Crippen LogP) is 1.99. The molecule has 1 fully saturated rings. The summed E-state index contributed by atoms with van der Waals surface area (Å²) in [6.07, 6.45) is 3.15. The summed E-state index contributed by atoms with van der Waals surface area (Å²) in [5.74, 6) is 0.224. The third-order valence-electron chi connectivity index (χ3n) is 3.60. The lowest BCUT2D eigenvalue weighted by atomic mass is 9.92. The number of aliphatic hydroxyl groups is 1. The second kappa shape index (κ2) is 4.07. The van der Waals surface area contributed by atoms with Crippen molar-refractivity contribution in [2.75, 3.05) is 12.0 Å². The van der Waals surface area contributed by atoms with Gasteiger partial charge in [0.25, 0.3) is 0 Å². The molecule has 0 heterocycles. The van der Waals surface area contributed by atoms with Crippen molar-refractivity contribution in [1.29, 1.82) is 0 Å². The second-order valence-corrected chi connectivity index (χ2v) is 8.13. The van der Waals surface area contributed by atoms with Gasteiger partial charge in [-0.1, -0.05) is 24.3 Å². The average Bonchev–Trinajstić information content (AvgIpc) is 2.95. The summed E-state index contributed by atoms with van der Waals surface area (Å²) in [4.78, 5) is 0. The van der Waals surface area contributed by atoms with Gasteiger partial charge in [0.2, 0.25) is 0 Å². The standard InChI is InChI=1S/C14H20O3S/c1-13(2,15)11-4-6-12(7-5-11)14(8-9-14)10-18(3,16)17/h4-7,15H,8-10H2,1-3H3. The molecule has 1 saturated carbocycles. The van der Waals surface area contributed by atoms with E-state index in [2.05, 4.69) is 0 Å². The van der Waals surface area contributed by atoms with Gasteiger partial charge in [-0.15, -0.1) is 0 Å². The van der Waals surface area contributed by atoms with Crippen LogP contribution in [0.2, 0.25) is 0 Å². The summed E-state index contributed by atoms with van der Waals surface area (Å²) in [6.45, 7) is 3.48. The van der Waals surface area contributed by atoms with Gasteiger partial charge in [0, 0.05) is 11.7 Å². The molecule has 0 atom stereocenters. The van der Waals surface area contributed by atoms with Gasteiger partial charge < -0.3 is 5.11 Å². The number of rotatable bonds is 4. The van der Waals surface area contributed by atoms with Gasteiger partial charge in [-0.25, -0.2) is 8.42 Å². The summed E-state index contributed by atoms with van der Waals surface area (Å²) >= 11 is 0. The van der Waals surface area contributed by atoms with E-state index in [4.69, 9.17) is 0 Å². The molecule has 0 unspecified atom stereocenters. The molecule has 0 spiro atoms. The first-order valence-electron chi connectivity index (χ1n) is 6.14. The normalized spacial score (nSPS) is 18.7. The Morgan fingerprint density at radius 1 is 1.22 bits per heavy atom. The minimum Gasteiger partial charge on any atom is -0.386 e. The Morgan fingerprint density at radius 2 is 1.72 bits per heavy atom. The third kappa shape index (κ3) is 2.93. The molecule has 0 bridgehead atoms. The molecule has 1 aromatic rings. The summed E-state index contributed by atoms with van der Waals surface area (Å²) in [5, 5.41) is 9.89. The Kier molecular flexibility index (Phi) is 3.06. The molecule has 0 radical (unpaired) electrons. The Bertz CT molecular complexity index is 531. The van der Waals surface area contributed by atoms with Crippen molar-refractivity contribution in [3.05, 3.63) is 35.4 Å². The van der Waals surface area contributed by atoms with Crippen LogP contribution in [0.15, 0.2) is 24.3 Å². The fraction of sp³-hybridized carbons (Fsp3) is 0.571. The molecule has 4 heteroatoms. The van der Waals surface area contributed by atoms with Crippen molar-refractivity contribution in [2.45, 2.75) is 37.7 Å². The fourth-order valence-corrected chi connectivity index (χ4v) is 3.86. The van der Waals surface area contributed by atoms with Crippen LogP contribution in [-0.4, -0.2) is 25.5 Å². The zero-order valence-corrected chi connectivity index (χ0v) is 11.9. The molecule has 2 rings (SSSR count). The SMILES string of the molecule is CC(C)(O)c1ccc(C2(CS(C)(=O)=O)CC2)cc1. The fourth-order valence-electron chi connectivity index (χ4n) is 2.40. The average molecular weight is 268 g/mol. The second-order valence-electron chi connectivity index (χ2n) is 5.99. The minimum absolute atomic E-state index is 0.175. The largest absolute Gasteiger partial charge is 0.386 e. The molecule has 3 nitrogen and oxygen atoms in total. The highest BCUT2D eigenvalue weighted by Crippen LogP contribution is 2.49. The van der Waals surface area contributed by atoms with Gasteiger partial charge in [-0.3, -0.25) is 0 Å². The summed E-state index contributed by atoms with van der Waals surface area (Å²) in [6, 6.07) is 7.67. The molecule has 0 aromatic heterocycles. The zero-order valence-electron chi connectivity index (χ0n) is 11.1. The van der Waals surface area contributed by atoms with E-state index in [1.54, 1.807) is 13.8 Å². The molecule has 1 aliphatic rings. The lowest BCUT2D eigenvalue weighted by Gasteiger charge is -2.20. The van der Waals surface area contributed by atoms with Crippen LogP contribution in [0, 0.1) is 0 Å². The van der Waals surface area contributed by atoms with Crippen LogP contribution in [0.5, 0.6) is 0 Å². The minimum atomic E-state index is -2.96. The van der Waals surface area contributed by atoms with Crippen molar-refractivity contribution in [3.8, 4) is 0 Å². The van der Waals surface area contributed by atoms with Crippen LogP contribution < -0.4 is 0 Å². The Labute approximate surface area is 109 Å². The molecular formula is C14H20O3S. The summed E-state index contributed by atoms with van der Waals surface area (Å²) < 4.78 is 22.9. The summed E-state index contributed by atoms with van der Waals surface area (Å²) in [7, 11) is -2.96. The predicted molar refractivity (Wildman–Crippen MR) is 72.3 cm³/mol. The molecule has 1 N–H and O–H groups in total. The third-order valence-corrected chi connectivity index (χ3v) is 4.67. The maximum absolute atomic E-state index is 11.4. The zero-order chi connectivity index (χ0) is 13.6. The first kappa shape index (κ1) is 13.6. The number of benzene rings is 1.